The number of piperidine rings is 1. The van der Waals surface area contributed by atoms with Crippen LogP contribution in [0, 0.1) is 5.92 Å². The number of piperazine rings is 1. The number of rotatable bonds is 3. The molecular formula is C18H26N4O. The molecule has 5 nitrogen and oxygen atoms in total. The molecule has 3 aliphatic rings. The number of anilines is 2. The van der Waals surface area contributed by atoms with E-state index in [1.165, 1.54) is 38.0 Å². The van der Waals surface area contributed by atoms with Crippen LogP contribution in [0.2, 0.25) is 0 Å². The molecule has 0 radical (unpaired) electrons. The van der Waals surface area contributed by atoms with Gasteiger partial charge in [0.2, 0.25) is 5.91 Å². The minimum absolute atomic E-state index is 0.0355. The molecule has 0 aromatic heterocycles. The van der Waals surface area contributed by atoms with Crippen molar-refractivity contribution in [1.29, 1.82) is 0 Å². The fourth-order valence-electron chi connectivity index (χ4n) is 4.14. The Morgan fingerprint density at radius 2 is 1.96 bits per heavy atom. The van der Waals surface area contributed by atoms with Gasteiger partial charge in [-0.3, -0.25) is 9.69 Å². The van der Waals surface area contributed by atoms with E-state index >= 15 is 0 Å². The van der Waals surface area contributed by atoms with Crippen molar-refractivity contribution in [2.45, 2.75) is 25.3 Å². The quantitative estimate of drug-likeness (QED) is 0.888. The number of amides is 1. The fraction of sp³-hybridized carbons (Fsp3) is 0.611. The van der Waals surface area contributed by atoms with Crippen LogP contribution in [0.15, 0.2) is 24.3 Å². The molecule has 3 aliphatic heterocycles. The minimum Gasteiger partial charge on any atom is -0.355 e. The molecule has 1 amide bonds. The molecule has 2 saturated heterocycles. The van der Waals surface area contributed by atoms with Gasteiger partial charge in [-0.25, -0.2) is 0 Å². The maximum Gasteiger partial charge on any atom is 0.248 e. The summed E-state index contributed by atoms with van der Waals surface area (Å²) in [4.78, 5) is 17.2. The van der Waals surface area contributed by atoms with Crippen molar-refractivity contribution in [2.24, 2.45) is 5.92 Å². The maximum absolute atomic E-state index is 12.5. The molecule has 1 aromatic carbocycles. The van der Waals surface area contributed by atoms with Crippen LogP contribution >= 0.6 is 0 Å². The van der Waals surface area contributed by atoms with E-state index < -0.39 is 0 Å². The Morgan fingerprint density at radius 1 is 1.13 bits per heavy atom. The van der Waals surface area contributed by atoms with Crippen molar-refractivity contribution in [3.05, 3.63) is 24.3 Å². The van der Waals surface area contributed by atoms with Crippen LogP contribution in [-0.2, 0) is 4.79 Å². The van der Waals surface area contributed by atoms with E-state index in [4.69, 9.17) is 0 Å². The zero-order valence-corrected chi connectivity index (χ0v) is 13.6. The van der Waals surface area contributed by atoms with Gasteiger partial charge in [0.15, 0.2) is 0 Å². The Labute approximate surface area is 138 Å². The predicted molar refractivity (Wildman–Crippen MR) is 92.9 cm³/mol. The van der Waals surface area contributed by atoms with Gasteiger partial charge in [0.05, 0.1) is 11.4 Å². The second kappa shape index (κ2) is 6.49. The van der Waals surface area contributed by atoms with Crippen molar-refractivity contribution in [1.82, 2.24) is 10.2 Å². The van der Waals surface area contributed by atoms with E-state index in [1.807, 2.05) is 12.1 Å². The molecule has 4 rings (SSSR count). The first-order chi connectivity index (χ1) is 11.3. The number of hydrogen-bond acceptors (Lipinski definition) is 4. The monoisotopic (exact) mass is 314 g/mol. The lowest BCUT2D eigenvalue weighted by molar-refractivity contribution is -0.118. The molecule has 0 spiro atoms. The summed E-state index contributed by atoms with van der Waals surface area (Å²) >= 11 is 0. The highest BCUT2D eigenvalue weighted by Crippen LogP contribution is 2.33. The Morgan fingerprint density at radius 3 is 2.83 bits per heavy atom. The van der Waals surface area contributed by atoms with Crippen molar-refractivity contribution >= 4 is 17.3 Å². The Bertz CT molecular complexity index is 570. The first kappa shape index (κ1) is 15.0. The van der Waals surface area contributed by atoms with E-state index in [0.29, 0.717) is 0 Å². The van der Waals surface area contributed by atoms with Crippen LogP contribution in [0.1, 0.15) is 19.3 Å². The van der Waals surface area contributed by atoms with Gasteiger partial charge in [-0.15, -0.1) is 0 Å². The van der Waals surface area contributed by atoms with Gasteiger partial charge in [0.25, 0.3) is 0 Å². The standard InChI is InChI=1S/C18H26N4O/c23-18-17-13-21(10-7-14-5-8-19-9-6-14)11-12-22(17)16-4-2-1-3-15(16)20-18/h1-4,14,17,19H,5-13H2,(H,20,23). The van der Waals surface area contributed by atoms with Gasteiger partial charge >= 0.3 is 0 Å². The summed E-state index contributed by atoms with van der Waals surface area (Å²) in [5.74, 6) is 1.01. The molecule has 3 heterocycles. The molecule has 2 fully saturated rings. The number of nitrogens with one attached hydrogen (secondary N) is 2. The summed E-state index contributed by atoms with van der Waals surface area (Å²) in [6.07, 6.45) is 3.88. The highest BCUT2D eigenvalue weighted by atomic mass is 16.2. The van der Waals surface area contributed by atoms with Gasteiger partial charge in [-0.1, -0.05) is 12.1 Å². The number of carbonyl (C=O) groups excluding carboxylic acids is 1. The van der Waals surface area contributed by atoms with Crippen LogP contribution < -0.4 is 15.5 Å². The average Bonchev–Trinajstić information content (AvgIpc) is 2.61. The van der Waals surface area contributed by atoms with Crippen LogP contribution in [0.25, 0.3) is 0 Å². The Hall–Kier alpha value is -1.59. The van der Waals surface area contributed by atoms with Gasteiger partial charge in [0, 0.05) is 19.6 Å². The van der Waals surface area contributed by atoms with Crippen molar-refractivity contribution in [3.8, 4) is 0 Å². The van der Waals surface area contributed by atoms with Crippen LogP contribution in [0.5, 0.6) is 0 Å². The molecule has 0 saturated carbocycles. The highest BCUT2D eigenvalue weighted by Gasteiger charge is 2.37. The second-order valence-electron chi connectivity index (χ2n) is 7.00. The number of benzene rings is 1. The van der Waals surface area contributed by atoms with Gasteiger partial charge < -0.3 is 15.5 Å². The van der Waals surface area contributed by atoms with Crippen molar-refractivity contribution < 1.29 is 4.79 Å². The smallest absolute Gasteiger partial charge is 0.248 e. The molecule has 0 bridgehead atoms. The average molecular weight is 314 g/mol. The number of para-hydroxylation sites is 2. The van der Waals surface area contributed by atoms with Crippen LogP contribution in [0.4, 0.5) is 11.4 Å². The summed E-state index contributed by atoms with van der Waals surface area (Å²) in [5, 5.41) is 6.50. The number of hydrogen-bond donors (Lipinski definition) is 2. The van der Waals surface area contributed by atoms with Gasteiger partial charge in [-0.2, -0.15) is 0 Å². The highest BCUT2D eigenvalue weighted by molar-refractivity contribution is 6.03. The largest absolute Gasteiger partial charge is 0.355 e. The van der Waals surface area contributed by atoms with E-state index in [2.05, 4.69) is 32.6 Å². The molecular weight excluding hydrogens is 288 g/mol. The molecule has 1 unspecified atom stereocenters. The van der Waals surface area contributed by atoms with Crippen molar-refractivity contribution in [2.75, 3.05) is 49.5 Å². The third kappa shape index (κ3) is 3.08. The first-order valence-corrected chi connectivity index (χ1v) is 8.91. The lowest BCUT2D eigenvalue weighted by atomic mass is 9.94. The maximum atomic E-state index is 12.5. The summed E-state index contributed by atoms with van der Waals surface area (Å²) in [7, 11) is 0. The Balaban J connectivity index is 1.38. The molecule has 5 heteroatoms. The lowest BCUT2D eigenvalue weighted by Crippen LogP contribution is -2.60. The van der Waals surface area contributed by atoms with Gasteiger partial charge in [0.1, 0.15) is 6.04 Å². The Kier molecular flexibility index (Phi) is 4.23. The minimum atomic E-state index is -0.0355. The number of carbonyl (C=O) groups is 1. The van der Waals surface area contributed by atoms with Crippen molar-refractivity contribution in [3.63, 3.8) is 0 Å². The SMILES string of the molecule is O=C1Nc2ccccc2N2CCN(CCC3CCNCC3)CC12. The second-order valence-corrected chi connectivity index (χ2v) is 7.00. The number of nitrogens with zero attached hydrogens (tertiary/aromatic N) is 2. The summed E-state index contributed by atoms with van der Waals surface area (Å²) in [6, 6.07) is 8.11. The molecule has 1 aromatic rings. The molecule has 124 valence electrons. The normalized spacial score (nSPS) is 25.7. The van der Waals surface area contributed by atoms with E-state index in [0.717, 1.165) is 37.8 Å². The fourth-order valence-corrected chi connectivity index (χ4v) is 4.14. The summed E-state index contributed by atoms with van der Waals surface area (Å²) < 4.78 is 0. The zero-order chi connectivity index (χ0) is 15.6. The zero-order valence-electron chi connectivity index (χ0n) is 13.6. The van der Waals surface area contributed by atoms with Crippen LogP contribution in [-0.4, -0.2) is 56.1 Å². The molecule has 1 atom stereocenters. The third-order valence-electron chi connectivity index (χ3n) is 5.55. The summed E-state index contributed by atoms with van der Waals surface area (Å²) in [6.45, 7) is 6.32. The predicted octanol–water partition coefficient (Wildman–Crippen LogP) is 1.52. The molecule has 2 N–H and O–H groups in total. The summed E-state index contributed by atoms with van der Waals surface area (Å²) in [5.41, 5.74) is 2.13. The molecule has 23 heavy (non-hydrogen) atoms. The lowest BCUT2D eigenvalue weighted by Gasteiger charge is -2.45. The van der Waals surface area contributed by atoms with Gasteiger partial charge in [-0.05, 0) is 56.9 Å². The molecule has 0 aliphatic carbocycles. The van der Waals surface area contributed by atoms with E-state index in [-0.39, 0.29) is 11.9 Å². The van der Waals surface area contributed by atoms with Crippen LogP contribution in [0.3, 0.4) is 0 Å². The first-order valence-electron chi connectivity index (χ1n) is 8.91. The van der Waals surface area contributed by atoms with E-state index in [9.17, 15) is 4.79 Å². The topological polar surface area (TPSA) is 47.6 Å². The van der Waals surface area contributed by atoms with E-state index in [1.54, 1.807) is 0 Å². The third-order valence-corrected chi connectivity index (χ3v) is 5.55. The number of fused-ring (bicyclic) bond motifs is 3.